The Balaban J connectivity index is 1.65. The number of pyridine rings is 1. The normalized spacial score (nSPS) is 10.2. The van der Waals surface area contributed by atoms with Crippen LogP contribution in [0.2, 0.25) is 0 Å². The number of hydrogen-bond acceptors (Lipinski definition) is 5. The van der Waals surface area contributed by atoms with Crippen molar-refractivity contribution >= 4 is 17.4 Å². The molecule has 120 valence electrons. The lowest BCUT2D eigenvalue weighted by Crippen LogP contribution is -2.24. The van der Waals surface area contributed by atoms with Crippen LogP contribution in [0, 0.1) is 6.92 Å². The number of carbonyl (C=O) groups excluding carboxylic acids is 1. The molecule has 2 heterocycles. The minimum Gasteiger partial charge on any atom is -0.345 e. The Morgan fingerprint density at radius 2 is 1.88 bits per heavy atom. The Hall–Kier alpha value is -3.28. The lowest BCUT2D eigenvalue weighted by molar-refractivity contribution is 0.0945. The van der Waals surface area contributed by atoms with E-state index in [1.54, 1.807) is 12.3 Å². The molecular weight excluding hydrogens is 302 g/mol. The first-order valence-corrected chi connectivity index (χ1v) is 7.54. The van der Waals surface area contributed by atoms with Crippen LogP contribution in [0.25, 0.3) is 0 Å². The van der Waals surface area contributed by atoms with E-state index in [1.165, 1.54) is 11.9 Å². The molecule has 0 aliphatic heterocycles. The van der Waals surface area contributed by atoms with Crippen LogP contribution in [0.3, 0.4) is 0 Å². The molecule has 2 aromatic heterocycles. The zero-order chi connectivity index (χ0) is 16.8. The van der Waals surface area contributed by atoms with Crippen molar-refractivity contribution in [3.63, 3.8) is 0 Å². The van der Waals surface area contributed by atoms with E-state index in [0.29, 0.717) is 18.1 Å². The van der Waals surface area contributed by atoms with E-state index < -0.39 is 0 Å². The number of carbonyl (C=O) groups is 1. The third-order valence-electron chi connectivity index (χ3n) is 3.38. The third kappa shape index (κ3) is 4.13. The molecule has 0 radical (unpaired) electrons. The van der Waals surface area contributed by atoms with Crippen molar-refractivity contribution in [2.75, 3.05) is 5.32 Å². The first-order valence-electron chi connectivity index (χ1n) is 7.54. The Bertz CT molecular complexity index is 818. The number of benzene rings is 1. The molecule has 0 atom stereocenters. The highest BCUT2D eigenvalue weighted by atomic mass is 16.1. The molecule has 6 nitrogen and oxygen atoms in total. The van der Waals surface area contributed by atoms with Crippen molar-refractivity contribution in [2.24, 2.45) is 0 Å². The molecule has 0 fully saturated rings. The van der Waals surface area contributed by atoms with E-state index in [9.17, 15) is 4.79 Å². The number of amides is 1. The Labute approximate surface area is 140 Å². The van der Waals surface area contributed by atoms with Crippen LogP contribution in [0.1, 0.15) is 21.7 Å². The number of nitrogens with zero attached hydrogens (tertiary/aromatic N) is 3. The Kier molecular flexibility index (Phi) is 4.76. The summed E-state index contributed by atoms with van der Waals surface area (Å²) in [4.78, 5) is 24.5. The number of nitrogens with one attached hydrogen (secondary N) is 2. The minimum atomic E-state index is -0.269. The summed E-state index contributed by atoms with van der Waals surface area (Å²) in [7, 11) is 0. The van der Waals surface area contributed by atoms with Gasteiger partial charge in [-0.05, 0) is 31.2 Å². The summed E-state index contributed by atoms with van der Waals surface area (Å²) in [6, 6.07) is 15.1. The van der Waals surface area contributed by atoms with Crippen LogP contribution in [0.4, 0.5) is 11.5 Å². The zero-order valence-corrected chi connectivity index (χ0v) is 13.2. The molecule has 0 bridgehead atoms. The fraction of sp³-hybridized carbons (Fsp3) is 0.111. The first kappa shape index (κ1) is 15.6. The van der Waals surface area contributed by atoms with Gasteiger partial charge >= 0.3 is 0 Å². The number of rotatable bonds is 5. The highest BCUT2D eigenvalue weighted by molar-refractivity contribution is 5.92. The van der Waals surface area contributed by atoms with E-state index in [4.69, 9.17) is 0 Å². The Morgan fingerprint density at radius 3 is 2.62 bits per heavy atom. The highest BCUT2D eigenvalue weighted by Crippen LogP contribution is 2.15. The highest BCUT2D eigenvalue weighted by Gasteiger charge is 2.09. The molecule has 2 N–H and O–H groups in total. The lowest BCUT2D eigenvalue weighted by Gasteiger charge is -2.08. The quantitative estimate of drug-likeness (QED) is 0.756. The molecule has 3 rings (SSSR count). The van der Waals surface area contributed by atoms with Gasteiger partial charge in [0.2, 0.25) is 0 Å². The maximum atomic E-state index is 12.2. The van der Waals surface area contributed by atoms with Gasteiger partial charge in [-0.3, -0.25) is 9.78 Å². The first-order chi connectivity index (χ1) is 11.7. The number of aryl methyl sites for hydroxylation is 1. The summed E-state index contributed by atoms with van der Waals surface area (Å²) >= 11 is 0. The topological polar surface area (TPSA) is 79.8 Å². The van der Waals surface area contributed by atoms with Crippen LogP contribution in [0.5, 0.6) is 0 Å². The fourth-order valence-electron chi connectivity index (χ4n) is 2.10. The van der Waals surface area contributed by atoms with Gasteiger partial charge in [-0.2, -0.15) is 0 Å². The van der Waals surface area contributed by atoms with E-state index in [1.807, 2.05) is 49.4 Å². The summed E-state index contributed by atoms with van der Waals surface area (Å²) < 4.78 is 0. The van der Waals surface area contributed by atoms with Crippen molar-refractivity contribution in [2.45, 2.75) is 13.5 Å². The predicted molar refractivity (Wildman–Crippen MR) is 91.9 cm³/mol. The van der Waals surface area contributed by atoms with Crippen LogP contribution < -0.4 is 10.6 Å². The molecule has 1 aromatic carbocycles. The Morgan fingerprint density at radius 1 is 1.04 bits per heavy atom. The van der Waals surface area contributed by atoms with Crippen LogP contribution in [-0.2, 0) is 6.54 Å². The van der Waals surface area contributed by atoms with Crippen LogP contribution >= 0.6 is 0 Å². The van der Waals surface area contributed by atoms with E-state index >= 15 is 0 Å². The van der Waals surface area contributed by atoms with Crippen LogP contribution in [-0.4, -0.2) is 20.9 Å². The van der Waals surface area contributed by atoms with Gasteiger partial charge in [-0.25, -0.2) is 9.97 Å². The van der Waals surface area contributed by atoms with Gasteiger partial charge in [0.25, 0.3) is 5.91 Å². The van der Waals surface area contributed by atoms with Crippen molar-refractivity contribution in [3.05, 3.63) is 78.0 Å². The van der Waals surface area contributed by atoms with E-state index in [0.717, 1.165) is 11.4 Å². The maximum Gasteiger partial charge on any atom is 0.270 e. The average Bonchev–Trinajstić information content (AvgIpc) is 2.63. The van der Waals surface area contributed by atoms with Crippen molar-refractivity contribution in [1.29, 1.82) is 0 Å². The molecule has 24 heavy (non-hydrogen) atoms. The second-order valence-corrected chi connectivity index (χ2v) is 5.28. The van der Waals surface area contributed by atoms with Crippen LogP contribution in [0.15, 0.2) is 61.1 Å². The summed E-state index contributed by atoms with van der Waals surface area (Å²) in [6.07, 6.45) is 3.06. The molecule has 0 saturated carbocycles. The van der Waals surface area contributed by atoms with Crippen molar-refractivity contribution in [3.8, 4) is 0 Å². The number of aromatic nitrogens is 3. The maximum absolute atomic E-state index is 12.2. The molecule has 1 amide bonds. The minimum absolute atomic E-state index is 0.269. The molecule has 6 heteroatoms. The van der Waals surface area contributed by atoms with Gasteiger partial charge in [0, 0.05) is 18.0 Å². The van der Waals surface area contributed by atoms with Gasteiger partial charge in [-0.1, -0.05) is 23.8 Å². The molecule has 0 spiro atoms. The monoisotopic (exact) mass is 319 g/mol. The molecule has 0 aliphatic carbocycles. The van der Waals surface area contributed by atoms with Gasteiger partial charge < -0.3 is 10.6 Å². The third-order valence-corrected chi connectivity index (χ3v) is 3.38. The SMILES string of the molecule is Cc1ccc(Nc2cc(C(=O)NCc3ccccn3)ncn2)cc1. The van der Waals surface area contributed by atoms with E-state index in [2.05, 4.69) is 25.6 Å². The molecule has 0 aliphatic rings. The largest absolute Gasteiger partial charge is 0.345 e. The fourth-order valence-corrected chi connectivity index (χ4v) is 2.10. The molecule has 0 saturated heterocycles. The van der Waals surface area contributed by atoms with E-state index in [-0.39, 0.29) is 5.91 Å². The van der Waals surface area contributed by atoms with Crippen molar-refractivity contribution < 1.29 is 4.79 Å². The molecule has 0 unspecified atom stereocenters. The smallest absolute Gasteiger partial charge is 0.270 e. The summed E-state index contributed by atoms with van der Waals surface area (Å²) in [6.45, 7) is 2.38. The van der Waals surface area contributed by atoms with Gasteiger partial charge in [0.1, 0.15) is 17.8 Å². The number of hydrogen-bond donors (Lipinski definition) is 2. The molecular formula is C18H17N5O. The predicted octanol–water partition coefficient (Wildman–Crippen LogP) is 2.85. The lowest BCUT2D eigenvalue weighted by atomic mass is 10.2. The zero-order valence-electron chi connectivity index (χ0n) is 13.2. The molecule has 3 aromatic rings. The van der Waals surface area contributed by atoms with Gasteiger partial charge in [-0.15, -0.1) is 0 Å². The average molecular weight is 319 g/mol. The standard InChI is InChI=1S/C18H17N5O/c1-13-5-7-14(8-6-13)23-17-10-16(21-12-22-17)18(24)20-11-15-4-2-3-9-19-15/h2-10,12H,11H2,1H3,(H,20,24)(H,21,22,23). The summed E-state index contributed by atoms with van der Waals surface area (Å²) in [5.41, 5.74) is 3.17. The summed E-state index contributed by atoms with van der Waals surface area (Å²) in [5.74, 6) is 0.298. The second kappa shape index (κ2) is 7.32. The van der Waals surface area contributed by atoms with Gasteiger partial charge in [0.15, 0.2) is 0 Å². The number of anilines is 2. The van der Waals surface area contributed by atoms with Gasteiger partial charge in [0.05, 0.1) is 12.2 Å². The van der Waals surface area contributed by atoms with Crippen molar-refractivity contribution in [1.82, 2.24) is 20.3 Å². The summed E-state index contributed by atoms with van der Waals surface area (Å²) in [5, 5.41) is 5.95. The second-order valence-electron chi connectivity index (χ2n) is 5.28.